The third kappa shape index (κ3) is 3.29. The van der Waals surface area contributed by atoms with Crippen molar-refractivity contribution in [1.29, 1.82) is 0 Å². The summed E-state index contributed by atoms with van der Waals surface area (Å²) in [6.45, 7) is 1.04. The van der Waals surface area contributed by atoms with Crippen LogP contribution in [0.2, 0.25) is 0 Å². The van der Waals surface area contributed by atoms with Crippen molar-refractivity contribution in [2.45, 2.75) is 25.3 Å². The SMILES string of the molecule is O=C(CC1CCCN1)Nc1cc(Br)cs1. The maximum atomic E-state index is 11.6. The van der Waals surface area contributed by atoms with Crippen molar-refractivity contribution in [1.82, 2.24) is 5.32 Å². The number of amides is 1. The van der Waals surface area contributed by atoms with Crippen molar-refractivity contribution in [2.75, 3.05) is 11.9 Å². The monoisotopic (exact) mass is 288 g/mol. The number of hydrogen-bond donors (Lipinski definition) is 2. The summed E-state index contributed by atoms with van der Waals surface area (Å²) in [7, 11) is 0. The molecule has 5 heteroatoms. The van der Waals surface area contributed by atoms with Crippen LogP contribution in [0, 0.1) is 0 Å². The van der Waals surface area contributed by atoms with Crippen molar-refractivity contribution >= 4 is 38.2 Å². The maximum Gasteiger partial charge on any atom is 0.226 e. The number of carbonyl (C=O) groups excluding carboxylic acids is 1. The Morgan fingerprint density at radius 3 is 3.20 bits per heavy atom. The van der Waals surface area contributed by atoms with Crippen LogP contribution in [0.4, 0.5) is 5.00 Å². The van der Waals surface area contributed by atoms with Crippen molar-refractivity contribution < 1.29 is 4.79 Å². The van der Waals surface area contributed by atoms with Gasteiger partial charge < -0.3 is 10.6 Å². The van der Waals surface area contributed by atoms with Gasteiger partial charge in [-0.1, -0.05) is 0 Å². The Morgan fingerprint density at radius 1 is 1.73 bits per heavy atom. The van der Waals surface area contributed by atoms with Crippen molar-refractivity contribution in [3.8, 4) is 0 Å². The van der Waals surface area contributed by atoms with Gasteiger partial charge in [0.2, 0.25) is 5.91 Å². The quantitative estimate of drug-likeness (QED) is 0.898. The van der Waals surface area contributed by atoms with Crippen LogP contribution in [-0.4, -0.2) is 18.5 Å². The largest absolute Gasteiger partial charge is 0.318 e. The van der Waals surface area contributed by atoms with Crippen LogP contribution in [0.5, 0.6) is 0 Å². The molecule has 1 aromatic heterocycles. The van der Waals surface area contributed by atoms with E-state index >= 15 is 0 Å². The van der Waals surface area contributed by atoms with Gasteiger partial charge in [-0.05, 0) is 41.4 Å². The highest BCUT2D eigenvalue weighted by Crippen LogP contribution is 2.24. The van der Waals surface area contributed by atoms with Crippen molar-refractivity contribution in [2.24, 2.45) is 0 Å². The molecule has 3 nitrogen and oxygen atoms in total. The number of thiophene rings is 1. The second-order valence-corrected chi connectivity index (χ2v) is 5.50. The number of rotatable bonds is 3. The van der Waals surface area contributed by atoms with Gasteiger partial charge in [0, 0.05) is 22.3 Å². The van der Waals surface area contributed by atoms with Gasteiger partial charge in [0.25, 0.3) is 0 Å². The Hall–Kier alpha value is -0.390. The lowest BCUT2D eigenvalue weighted by molar-refractivity contribution is -0.116. The lowest BCUT2D eigenvalue weighted by atomic mass is 10.1. The second kappa shape index (κ2) is 5.09. The van der Waals surface area contributed by atoms with E-state index in [-0.39, 0.29) is 5.91 Å². The first-order valence-electron chi connectivity index (χ1n) is 5.01. The normalized spacial score (nSPS) is 20.5. The first-order valence-corrected chi connectivity index (χ1v) is 6.68. The Balaban J connectivity index is 1.81. The molecule has 0 saturated carbocycles. The van der Waals surface area contributed by atoms with Crippen LogP contribution in [0.15, 0.2) is 15.9 Å². The van der Waals surface area contributed by atoms with E-state index in [0.717, 1.165) is 22.4 Å². The van der Waals surface area contributed by atoms with Crippen molar-refractivity contribution in [3.05, 3.63) is 15.9 Å². The van der Waals surface area contributed by atoms with E-state index in [9.17, 15) is 4.79 Å². The molecule has 1 amide bonds. The standard InChI is InChI=1S/C10H13BrN2OS/c11-7-4-10(15-6-7)13-9(14)5-8-2-1-3-12-8/h4,6,8,12H,1-3,5H2,(H,13,14). The number of halogens is 1. The van der Waals surface area contributed by atoms with Gasteiger partial charge in [0.15, 0.2) is 0 Å². The van der Waals surface area contributed by atoms with Gasteiger partial charge in [-0.15, -0.1) is 11.3 Å². The second-order valence-electron chi connectivity index (χ2n) is 3.67. The van der Waals surface area contributed by atoms with E-state index in [1.807, 2.05) is 11.4 Å². The summed E-state index contributed by atoms with van der Waals surface area (Å²) < 4.78 is 1.02. The molecule has 2 heterocycles. The first kappa shape index (κ1) is 11.1. The minimum atomic E-state index is 0.101. The van der Waals surface area contributed by atoms with E-state index in [2.05, 4.69) is 26.6 Å². The highest BCUT2D eigenvalue weighted by atomic mass is 79.9. The zero-order valence-electron chi connectivity index (χ0n) is 8.25. The van der Waals surface area contributed by atoms with E-state index < -0.39 is 0 Å². The van der Waals surface area contributed by atoms with Crippen LogP contribution < -0.4 is 10.6 Å². The molecule has 1 aliphatic heterocycles. The number of carbonyl (C=O) groups is 1. The zero-order valence-corrected chi connectivity index (χ0v) is 10.7. The molecule has 1 fully saturated rings. The molecule has 1 saturated heterocycles. The van der Waals surface area contributed by atoms with Gasteiger partial charge >= 0.3 is 0 Å². The highest BCUT2D eigenvalue weighted by molar-refractivity contribution is 9.10. The predicted octanol–water partition coefficient (Wildman–Crippen LogP) is 2.59. The molecule has 82 valence electrons. The zero-order chi connectivity index (χ0) is 10.7. The van der Waals surface area contributed by atoms with Crippen LogP contribution in [0.1, 0.15) is 19.3 Å². The van der Waals surface area contributed by atoms with Gasteiger partial charge in [0.1, 0.15) is 0 Å². The van der Waals surface area contributed by atoms with E-state index in [1.165, 1.54) is 17.8 Å². The average molecular weight is 289 g/mol. The molecular weight excluding hydrogens is 276 g/mol. The van der Waals surface area contributed by atoms with Crippen molar-refractivity contribution in [3.63, 3.8) is 0 Å². The third-order valence-electron chi connectivity index (χ3n) is 2.42. The molecule has 0 spiro atoms. The molecule has 0 bridgehead atoms. The third-order valence-corrected chi connectivity index (χ3v) is 4.03. The number of hydrogen-bond acceptors (Lipinski definition) is 3. The molecule has 1 aromatic rings. The van der Waals surface area contributed by atoms with E-state index in [1.54, 1.807) is 0 Å². The van der Waals surface area contributed by atoms with Crippen LogP contribution in [0.25, 0.3) is 0 Å². The molecule has 15 heavy (non-hydrogen) atoms. The molecule has 1 aliphatic rings. The summed E-state index contributed by atoms with van der Waals surface area (Å²) in [5.41, 5.74) is 0. The molecule has 0 radical (unpaired) electrons. The summed E-state index contributed by atoms with van der Waals surface area (Å²) in [5, 5.41) is 9.08. The fourth-order valence-corrected chi connectivity index (χ4v) is 3.06. The summed E-state index contributed by atoms with van der Waals surface area (Å²) in [4.78, 5) is 11.6. The predicted molar refractivity (Wildman–Crippen MR) is 66.3 cm³/mol. The fourth-order valence-electron chi connectivity index (χ4n) is 1.72. The Morgan fingerprint density at radius 2 is 2.60 bits per heavy atom. The van der Waals surface area contributed by atoms with Crippen LogP contribution >= 0.6 is 27.3 Å². The van der Waals surface area contributed by atoms with E-state index in [4.69, 9.17) is 0 Å². The lowest BCUT2D eigenvalue weighted by Gasteiger charge is -2.08. The lowest BCUT2D eigenvalue weighted by Crippen LogP contribution is -2.27. The Labute approximate surface area is 101 Å². The summed E-state index contributed by atoms with van der Waals surface area (Å²) in [5.74, 6) is 0.101. The van der Waals surface area contributed by atoms with E-state index in [0.29, 0.717) is 12.5 Å². The average Bonchev–Trinajstić information content (AvgIpc) is 2.77. The summed E-state index contributed by atoms with van der Waals surface area (Å²) in [6, 6.07) is 2.29. The topological polar surface area (TPSA) is 41.1 Å². The van der Waals surface area contributed by atoms with Gasteiger partial charge in [-0.3, -0.25) is 4.79 Å². The van der Waals surface area contributed by atoms with Gasteiger partial charge in [0.05, 0.1) is 5.00 Å². The number of anilines is 1. The molecular formula is C10H13BrN2OS. The number of nitrogens with one attached hydrogen (secondary N) is 2. The first-order chi connectivity index (χ1) is 7.24. The molecule has 0 aliphatic carbocycles. The summed E-state index contributed by atoms with van der Waals surface area (Å²) in [6.07, 6.45) is 2.87. The summed E-state index contributed by atoms with van der Waals surface area (Å²) >= 11 is 4.89. The highest BCUT2D eigenvalue weighted by Gasteiger charge is 2.17. The van der Waals surface area contributed by atoms with Gasteiger partial charge in [-0.2, -0.15) is 0 Å². The molecule has 1 unspecified atom stereocenters. The molecule has 2 rings (SSSR count). The smallest absolute Gasteiger partial charge is 0.226 e. The molecule has 0 aromatic carbocycles. The molecule has 2 N–H and O–H groups in total. The Bertz CT molecular complexity index is 347. The fraction of sp³-hybridized carbons (Fsp3) is 0.500. The van der Waals surface area contributed by atoms with Crippen LogP contribution in [-0.2, 0) is 4.79 Å². The minimum Gasteiger partial charge on any atom is -0.318 e. The Kier molecular flexibility index (Phi) is 3.77. The molecule has 1 atom stereocenters. The van der Waals surface area contributed by atoms with Gasteiger partial charge in [-0.25, -0.2) is 0 Å². The maximum absolute atomic E-state index is 11.6. The minimum absolute atomic E-state index is 0.101. The van der Waals surface area contributed by atoms with Crippen LogP contribution in [0.3, 0.4) is 0 Å².